The molecule has 1 aliphatic rings. The molecule has 0 radical (unpaired) electrons. The summed E-state index contributed by atoms with van der Waals surface area (Å²) in [5, 5.41) is 0. The molecule has 1 aromatic carbocycles. The van der Waals surface area contributed by atoms with Gasteiger partial charge in [-0.2, -0.15) is 0 Å². The largest absolute Gasteiger partial charge is 0.448 e. The van der Waals surface area contributed by atoms with Crippen LogP contribution in [0.2, 0.25) is 0 Å². The zero-order chi connectivity index (χ0) is 14.8. The van der Waals surface area contributed by atoms with Crippen LogP contribution in [-0.2, 0) is 4.74 Å². The minimum atomic E-state index is -0.224. The van der Waals surface area contributed by atoms with E-state index in [-0.39, 0.29) is 12.1 Å². The Bertz CT molecular complexity index is 607. The number of rotatable bonds is 5. The number of likely N-dealkylation sites (N-methyl/N-ethyl adjacent to an activating group) is 1. The van der Waals surface area contributed by atoms with Gasteiger partial charge in [-0.25, -0.2) is 9.78 Å². The number of benzene rings is 1. The molecule has 1 aliphatic heterocycles. The molecule has 1 amide bonds. The van der Waals surface area contributed by atoms with Crippen molar-refractivity contribution in [2.45, 2.75) is 13.0 Å². The molecule has 112 valence electrons. The number of cyclic esters (lactones) is 1. The molecule has 1 fully saturated rings. The molecule has 0 aliphatic carbocycles. The van der Waals surface area contributed by atoms with Crippen LogP contribution in [0.25, 0.3) is 11.1 Å². The summed E-state index contributed by atoms with van der Waals surface area (Å²) in [5.41, 5.74) is 1.67. The molecule has 1 saturated heterocycles. The third kappa shape index (κ3) is 2.85. The average molecular weight is 289 g/mol. The Labute approximate surface area is 123 Å². The van der Waals surface area contributed by atoms with E-state index in [1.165, 1.54) is 0 Å². The van der Waals surface area contributed by atoms with E-state index in [0.717, 1.165) is 17.6 Å². The van der Waals surface area contributed by atoms with Crippen LogP contribution in [0.5, 0.6) is 0 Å². The van der Waals surface area contributed by atoms with Crippen molar-refractivity contribution < 1.29 is 13.9 Å². The standard InChI is InChI=1S/C15H19N3O3/c1-11(14-16-12-5-3-4-6-13(12)21-14)17(2)7-8-18-9-10-20-15(18)19/h3-6,11H,7-10H2,1-2H3/t11-/m0/s1. The third-order valence-corrected chi connectivity index (χ3v) is 3.90. The number of hydrogen-bond donors (Lipinski definition) is 0. The molecule has 6 heteroatoms. The lowest BCUT2D eigenvalue weighted by molar-refractivity contribution is 0.150. The lowest BCUT2D eigenvalue weighted by Crippen LogP contribution is -2.35. The van der Waals surface area contributed by atoms with Crippen molar-refractivity contribution in [3.05, 3.63) is 30.2 Å². The van der Waals surface area contributed by atoms with Crippen LogP contribution >= 0.6 is 0 Å². The smallest absolute Gasteiger partial charge is 0.409 e. The summed E-state index contributed by atoms with van der Waals surface area (Å²) in [7, 11) is 2.00. The second-order valence-electron chi connectivity index (χ2n) is 5.28. The normalized spacial score (nSPS) is 16.7. The first-order valence-electron chi connectivity index (χ1n) is 7.12. The first kappa shape index (κ1) is 13.9. The summed E-state index contributed by atoms with van der Waals surface area (Å²) < 4.78 is 10.7. The zero-order valence-electron chi connectivity index (χ0n) is 12.3. The van der Waals surface area contributed by atoms with Crippen molar-refractivity contribution in [3.63, 3.8) is 0 Å². The minimum Gasteiger partial charge on any atom is -0.448 e. The van der Waals surface area contributed by atoms with Gasteiger partial charge in [0.2, 0.25) is 5.89 Å². The summed E-state index contributed by atoms with van der Waals surface area (Å²) in [5.74, 6) is 0.697. The number of nitrogens with zero attached hydrogens (tertiary/aromatic N) is 3. The molecule has 2 heterocycles. The molecular weight excluding hydrogens is 270 g/mol. The Morgan fingerprint density at radius 2 is 2.24 bits per heavy atom. The summed E-state index contributed by atoms with van der Waals surface area (Å²) in [4.78, 5) is 19.8. The molecular formula is C15H19N3O3. The Kier molecular flexibility index (Phi) is 3.79. The van der Waals surface area contributed by atoms with Gasteiger partial charge in [0.1, 0.15) is 12.1 Å². The molecule has 2 aromatic rings. The number of amides is 1. The highest BCUT2D eigenvalue weighted by Crippen LogP contribution is 2.23. The van der Waals surface area contributed by atoms with Crippen LogP contribution in [0.3, 0.4) is 0 Å². The fourth-order valence-electron chi connectivity index (χ4n) is 2.36. The van der Waals surface area contributed by atoms with E-state index in [2.05, 4.69) is 9.88 Å². The van der Waals surface area contributed by atoms with Gasteiger partial charge in [-0.1, -0.05) is 12.1 Å². The topological polar surface area (TPSA) is 58.8 Å². The second-order valence-corrected chi connectivity index (χ2v) is 5.28. The number of hydrogen-bond acceptors (Lipinski definition) is 5. The van der Waals surface area contributed by atoms with Gasteiger partial charge in [0.05, 0.1) is 12.6 Å². The number of carbonyl (C=O) groups is 1. The van der Waals surface area contributed by atoms with Gasteiger partial charge in [-0.05, 0) is 26.1 Å². The molecule has 1 aromatic heterocycles. The van der Waals surface area contributed by atoms with Gasteiger partial charge < -0.3 is 14.1 Å². The van der Waals surface area contributed by atoms with Gasteiger partial charge in [0, 0.05) is 13.1 Å². The van der Waals surface area contributed by atoms with Gasteiger partial charge in [0.25, 0.3) is 0 Å². The second kappa shape index (κ2) is 5.73. The maximum atomic E-state index is 11.4. The SMILES string of the molecule is C[C@@H](c1nc2ccccc2o1)N(C)CCN1CCOC1=O. The fraction of sp³-hybridized carbons (Fsp3) is 0.467. The van der Waals surface area contributed by atoms with E-state index in [0.29, 0.717) is 25.6 Å². The minimum absolute atomic E-state index is 0.0519. The van der Waals surface area contributed by atoms with Gasteiger partial charge >= 0.3 is 6.09 Å². The molecule has 0 bridgehead atoms. The first-order chi connectivity index (χ1) is 10.1. The molecule has 0 saturated carbocycles. The Morgan fingerprint density at radius 1 is 1.43 bits per heavy atom. The highest BCUT2D eigenvalue weighted by Gasteiger charge is 2.23. The van der Waals surface area contributed by atoms with Crippen LogP contribution < -0.4 is 0 Å². The first-order valence-corrected chi connectivity index (χ1v) is 7.12. The highest BCUT2D eigenvalue weighted by molar-refractivity contribution is 5.72. The van der Waals surface area contributed by atoms with Crippen molar-refractivity contribution in [2.75, 3.05) is 33.3 Å². The van der Waals surface area contributed by atoms with Crippen LogP contribution in [0.1, 0.15) is 18.9 Å². The van der Waals surface area contributed by atoms with Crippen LogP contribution in [0.15, 0.2) is 28.7 Å². The maximum absolute atomic E-state index is 11.4. The highest BCUT2D eigenvalue weighted by atomic mass is 16.6. The van der Waals surface area contributed by atoms with E-state index < -0.39 is 0 Å². The van der Waals surface area contributed by atoms with E-state index >= 15 is 0 Å². The molecule has 0 unspecified atom stereocenters. The predicted octanol–water partition coefficient (Wildman–Crippen LogP) is 2.27. The number of carbonyl (C=O) groups excluding carboxylic acids is 1. The van der Waals surface area contributed by atoms with Crippen molar-refractivity contribution in [2.24, 2.45) is 0 Å². The molecule has 0 spiro atoms. The Balaban J connectivity index is 1.63. The Morgan fingerprint density at radius 3 is 2.95 bits per heavy atom. The van der Waals surface area contributed by atoms with Crippen molar-refractivity contribution in [1.29, 1.82) is 0 Å². The summed E-state index contributed by atoms with van der Waals surface area (Å²) in [6.45, 7) is 4.61. The maximum Gasteiger partial charge on any atom is 0.409 e. The van der Waals surface area contributed by atoms with Crippen LogP contribution in [0.4, 0.5) is 4.79 Å². The molecule has 0 N–H and O–H groups in total. The fourth-order valence-corrected chi connectivity index (χ4v) is 2.36. The molecule has 6 nitrogen and oxygen atoms in total. The lowest BCUT2D eigenvalue weighted by atomic mass is 10.3. The monoisotopic (exact) mass is 289 g/mol. The summed E-state index contributed by atoms with van der Waals surface area (Å²) >= 11 is 0. The quantitative estimate of drug-likeness (QED) is 0.845. The van der Waals surface area contributed by atoms with Crippen molar-refractivity contribution in [3.8, 4) is 0 Å². The summed E-state index contributed by atoms with van der Waals surface area (Å²) in [6, 6.07) is 7.79. The Hall–Kier alpha value is -2.08. The molecule has 21 heavy (non-hydrogen) atoms. The van der Waals surface area contributed by atoms with E-state index in [4.69, 9.17) is 9.15 Å². The number of para-hydroxylation sites is 2. The van der Waals surface area contributed by atoms with Crippen molar-refractivity contribution in [1.82, 2.24) is 14.8 Å². The van der Waals surface area contributed by atoms with Crippen LogP contribution in [0, 0.1) is 0 Å². The lowest BCUT2D eigenvalue weighted by Gasteiger charge is -2.24. The van der Waals surface area contributed by atoms with Gasteiger partial charge in [-0.15, -0.1) is 0 Å². The number of ether oxygens (including phenoxy) is 1. The summed E-state index contributed by atoms with van der Waals surface area (Å²) in [6.07, 6.45) is -0.224. The van der Waals surface area contributed by atoms with Crippen molar-refractivity contribution >= 4 is 17.2 Å². The van der Waals surface area contributed by atoms with Crippen LogP contribution in [-0.4, -0.2) is 54.2 Å². The van der Waals surface area contributed by atoms with E-state index in [9.17, 15) is 4.79 Å². The molecule has 1 atom stereocenters. The molecule has 3 rings (SSSR count). The van der Waals surface area contributed by atoms with Gasteiger partial charge in [0.15, 0.2) is 5.58 Å². The average Bonchev–Trinajstić information content (AvgIpc) is 3.09. The number of aromatic nitrogens is 1. The number of oxazole rings is 1. The predicted molar refractivity (Wildman–Crippen MR) is 78.0 cm³/mol. The number of fused-ring (bicyclic) bond motifs is 1. The third-order valence-electron chi connectivity index (χ3n) is 3.90. The van der Waals surface area contributed by atoms with E-state index in [1.54, 1.807) is 4.90 Å². The van der Waals surface area contributed by atoms with E-state index in [1.807, 2.05) is 38.2 Å². The van der Waals surface area contributed by atoms with Gasteiger partial charge in [-0.3, -0.25) is 4.90 Å². The zero-order valence-corrected chi connectivity index (χ0v) is 12.3.